The first-order valence-electron chi connectivity index (χ1n) is 5.56. The first-order valence-corrected chi connectivity index (χ1v) is 7.43. The van der Waals surface area contributed by atoms with Crippen LogP contribution in [0.2, 0.25) is 0 Å². The summed E-state index contributed by atoms with van der Waals surface area (Å²) >= 11 is 5.81. The molecule has 0 atom stereocenters. The standard InChI is InChI=1S/C12H15BrINO/c13-11-9-10(14)3-4-12(11)16-8-7-15-5-1-2-6-15/h3-4,9H,1-2,5-8H2. The Morgan fingerprint density at radius 2 is 2.06 bits per heavy atom. The van der Waals surface area contributed by atoms with E-state index in [-0.39, 0.29) is 0 Å². The Hall–Kier alpha value is 0.190. The molecule has 1 heterocycles. The van der Waals surface area contributed by atoms with Gasteiger partial charge < -0.3 is 4.74 Å². The zero-order valence-corrected chi connectivity index (χ0v) is 12.8. The van der Waals surface area contributed by atoms with Gasteiger partial charge in [-0.25, -0.2) is 0 Å². The summed E-state index contributed by atoms with van der Waals surface area (Å²) in [6, 6.07) is 6.16. The van der Waals surface area contributed by atoms with Crippen LogP contribution < -0.4 is 4.74 Å². The fraction of sp³-hybridized carbons (Fsp3) is 0.500. The molecule has 0 N–H and O–H groups in total. The first kappa shape index (κ1) is 12.6. The van der Waals surface area contributed by atoms with Gasteiger partial charge in [-0.3, -0.25) is 4.90 Å². The Labute approximate surface area is 119 Å². The third-order valence-electron chi connectivity index (χ3n) is 2.76. The number of hydrogen-bond acceptors (Lipinski definition) is 2. The van der Waals surface area contributed by atoms with E-state index in [0.717, 1.165) is 23.4 Å². The van der Waals surface area contributed by atoms with Crippen molar-refractivity contribution in [3.8, 4) is 5.75 Å². The monoisotopic (exact) mass is 395 g/mol. The molecule has 0 saturated carbocycles. The Morgan fingerprint density at radius 1 is 1.31 bits per heavy atom. The summed E-state index contributed by atoms with van der Waals surface area (Å²) in [6.45, 7) is 4.28. The van der Waals surface area contributed by atoms with Crippen molar-refractivity contribution in [3.63, 3.8) is 0 Å². The molecule has 4 heteroatoms. The smallest absolute Gasteiger partial charge is 0.133 e. The van der Waals surface area contributed by atoms with Crippen molar-refractivity contribution < 1.29 is 4.74 Å². The highest BCUT2D eigenvalue weighted by atomic mass is 127. The zero-order valence-electron chi connectivity index (χ0n) is 9.09. The lowest BCUT2D eigenvalue weighted by Gasteiger charge is -2.15. The molecule has 1 aliphatic rings. The number of hydrogen-bond donors (Lipinski definition) is 0. The SMILES string of the molecule is Brc1cc(I)ccc1OCCN1CCCC1. The minimum Gasteiger partial charge on any atom is -0.491 e. The molecular weight excluding hydrogens is 381 g/mol. The molecule has 2 nitrogen and oxygen atoms in total. The molecule has 1 saturated heterocycles. The quantitative estimate of drug-likeness (QED) is 0.723. The molecule has 0 aromatic heterocycles. The lowest BCUT2D eigenvalue weighted by atomic mass is 10.3. The highest BCUT2D eigenvalue weighted by molar-refractivity contribution is 14.1. The number of rotatable bonds is 4. The van der Waals surface area contributed by atoms with Gasteiger partial charge in [0.25, 0.3) is 0 Å². The highest BCUT2D eigenvalue weighted by Crippen LogP contribution is 2.26. The third-order valence-corrected chi connectivity index (χ3v) is 4.05. The van der Waals surface area contributed by atoms with Gasteiger partial charge in [-0.1, -0.05) is 0 Å². The predicted molar refractivity (Wildman–Crippen MR) is 78.0 cm³/mol. The largest absolute Gasteiger partial charge is 0.491 e. The van der Waals surface area contributed by atoms with Gasteiger partial charge in [-0.2, -0.15) is 0 Å². The number of likely N-dealkylation sites (tertiary alicyclic amines) is 1. The average molecular weight is 396 g/mol. The van der Waals surface area contributed by atoms with Crippen LogP contribution in [0.1, 0.15) is 12.8 Å². The molecule has 1 aromatic carbocycles. The lowest BCUT2D eigenvalue weighted by Crippen LogP contribution is -2.25. The van der Waals surface area contributed by atoms with Crippen LogP contribution in [0.4, 0.5) is 0 Å². The van der Waals surface area contributed by atoms with Crippen LogP contribution in [0, 0.1) is 3.57 Å². The Kier molecular flexibility index (Phi) is 4.91. The molecule has 2 rings (SSSR count). The second kappa shape index (κ2) is 6.21. The van der Waals surface area contributed by atoms with Gasteiger partial charge in [-0.15, -0.1) is 0 Å². The number of ether oxygens (including phenoxy) is 1. The van der Waals surface area contributed by atoms with Gasteiger partial charge >= 0.3 is 0 Å². The summed E-state index contributed by atoms with van der Waals surface area (Å²) in [5.41, 5.74) is 0. The van der Waals surface area contributed by atoms with Crippen molar-refractivity contribution in [2.45, 2.75) is 12.8 Å². The van der Waals surface area contributed by atoms with Gasteiger partial charge in [0.2, 0.25) is 0 Å². The summed E-state index contributed by atoms with van der Waals surface area (Å²) in [6.07, 6.45) is 2.68. The molecule has 1 aliphatic heterocycles. The fourth-order valence-electron chi connectivity index (χ4n) is 1.88. The average Bonchev–Trinajstić information content (AvgIpc) is 2.74. The van der Waals surface area contributed by atoms with Crippen molar-refractivity contribution in [2.24, 2.45) is 0 Å². The number of halogens is 2. The first-order chi connectivity index (χ1) is 7.75. The van der Waals surface area contributed by atoms with Gasteiger partial charge in [0.15, 0.2) is 0 Å². The number of benzene rings is 1. The van der Waals surface area contributed by atoms with E-state index in [9.17, 15) is 0 Å². The second-order valence-electron chi connectivity index (χ2n) is 3.97. The molecule has 0 bridgehead atoms. The minimum absolute atomic E-state index is 0.777. The second-order valence-corrected chi connectivity index (χ2v) is 6.07. The van der Waals surface area contributed by atoms with E-state index in [1.807, 2.05) is 6.07 Å². The van der Waals surface area contributed by atoms with Crippen LogP contribution in [0.25, 0.3) is 0 Å². The fourth-order valence-corrected chi connectivity index (χ4v) is 3.30. The Balaban J connectivity index is 1.80. The molecule has 0 unspecified atom stereocenters. The Bertz CT molecular complexity index is 353. The van der Waals surface area contributed by atoms with E-state index in [0.29, 0.717) is 0 Å². The van der Waals surface area contributed by atoms with E-state index in [1.54, 1.807) is 0 Å². The van der Waals surface area contributed by atoms with Crippen molar-refractivity contribution in [1.29, 1.82) is 0 Å². The minimum atomic E-state index is 0.777. The molecule has 1 aromatic rings. The van der Waals surface area contributed by atoms with Crippen LogP contribution in [0.15, 0.2) is 22.7 Å². The van der Waals surface area contributed by atoms with Crippen LogP contribution in [0.5, 0.6) is 5.75 Å². The summed E-state index contributed by atoms with van der Waals surface area (Å²) < 4.78 is 8.02. The maximum Gasteiger partial charge on any atom is 0.133 e. The maximum atomic E-state index is 5.76. The van der Waals surface area contributed by atoms with Gasteiger partial charge in [0.1, 0.15) is 12.4 Å². The van der Waals surface area contributed by atoms with Crippen LogP contribution in [0.3, 0.4) is 0 Å². The van der Waals surface area contributed by atoms with E-state index >= 15 is 0 Å². The zero-order chi connectivity index (χ0) is 11.4. The molecular formula is C12H15BrINO. The molecule has 88 valence electrons. The molecule has 1 fully saturated rings. The predicted octanol–water partition coefficient (Wildman–Crippen LogP) is 3.53. The summed E-state index contributed by atoms with van der Waals surface area (Å²) in [7, 11) is 0. The van der Waals surface area contributed by atoms with Crippen molar-refractivity contribution >= 4 is 38.5 Å². The van der Waals surface area contributed by atoms with Crippen LogP contribution in [-0.2, 0) is 0 Å². The van der Waals surface area contributed by atoms with E-state index in [1.165, 1.54) is 29.5 Å². The van der Waals surface area contributed by atoms with Crippen molar-refractivity contribution in [2.75, 3.05) is 26.2 Å². The summed E-state index contributed by atoms with van der Waals surface area (Å²) in [5.74, 6) is 0.944. The normalized spacial score (nSPS) is 16.6. The topological polar surface area (TPSA) is 12.5 Å². The maximum absolute atomic E-state index is 5.76. The van der Waals surface area contributed by atoms with E-state index < -0.39 is 0 Å². The molecule has 0 spiro atoms. The van der Waals surface area contributed by atoms with Crippen LogP contribution in [-0.4, -0.2) is 31.1 Å². The lowest BCUT2D eigenvalue weighted by molar-refractivity contribution is 0.237. The van der Waals surface area contributed by atoms with Crippen molar-refractivity contribution in [3.05, 3.63) is 26.2 Å². The van der Waals surface area contributed by atoms with Gasteiger partial charge in [0.05, 0.1) is 4.47 Å². The molecule has 0 aliphatic carbocycles. The van der Waals surface area contributed by atoms with E-state index in [2.05, 4.69) is 55.6 Å². The summed E-state index contributed by atoms with van der Waals surface area (Å²) in [4.78, 5) is 2.46. The third kappa shape index (κ3) is 3.60. The van der Waals surface area contributed by atoms with Crippen LogP contribution >= 0.6 is 38.5 Å². The van der Waals surface area contributed by atoms with Gasteiger partial charge in [-0.05, 0) is 82.7 Å². The molecule has 0 amide bonds. The highest BCUT2D eigenvalue weighted by Gasteiger charge is 2.11. The summed E-state index contributed by atoms with van der Waals surface area (Å²) in [5, 5.41) is 0. The van der Waals surface area contributed by atoms with E-state index in [4.69, 9.17) is 4.74 Å². The van der Waals surface area contributed by atoms with Crippen molar-refractivity contribution in [1.82, 2.24) is 4.90 Å². The molecule has 16 heavy (non-hydrogen) atoms. The Morgan fingerprint density at radius 3 is 2.75 bits per heavy atom. The molecule has 0 radical (unpaired) electrons. The van der Waals surface area contributed by atoms with Gasteiger partial charge in [0, 0.05) is 10.1 Å². The number of nitrogens with zero attached hydrogens (tertiary/aromatic N) is 1.